The van der Waals surface area contributed by atoms with E-state index in [0.29, 0.717) is 6.04 Å². The van der Waals surface area contributed by atoms with Gasteiger partial charge in [0.25, 0.3) is 0 Å². The van der Waals surface area contributed by atoms with E-state index in [-0.39, 0.29) is 0 Å². The highest BCUT2D eigenvalue weighted by Crippen LogP contribution is 2.28. The summed E-state index contributed by atoms with van der Waals surface area (Å²) in [7, 11) is 0. The maximum atomic E-state index is 6.00. The third kappa shape index (κ3) is 5.61. The van der Waals surface area contributed by atoms with Gasteiger partial charge in [0.1, 0.15) is 0 Å². The first-order valence-electron chi connectivity index (χ1n) is 8.47. The van der Waals surface area contributed by atoms with E-state index in [0.717, 1.165) is 17.6 Å². The van der Waals surface area contributed by atoms with Gasteiger partial charge < -0.3 is 10.2 Å². The van der Waals surface area contributed by atoms with Crippen LogP contribution in [0.15, 0.2) is 24.3 Å². The molecule has 118 valence electrons. The topological polar surface area (TPSA) is 15.3 Å². The highest BCUT2D eigenvalue weighted by molar-refractivity contribution is 6.30. The monoisotopic (exact) mass is 308 g/mol. The second kappa shape index (κ2) is 8.77. The Bertz CT molecular complexity index is 400. The molecule has 2 rings (SSSR count). The van der Waals surface area contributed by atoms with Crippen LogP contribution in [0.3, 0.4) is 0 Å². The molecule has 0 spiro atoms. The van der Waals surface area contributed by atoms with Gasteiger partial charge in [0.2, 0.25) is 0 Å². The average Bonchev–Trinajstić information content (AvgIpc) is 3.32. The first kappa shape index (κ1) is 16.8. The van der Waals surface area contributed by atoms with E-state index in [4.69, 9.17) is 11.6 Å². The van der Waals surface area contributed by atoms with Crippen molar-refractivity contribution in [1.29, 1.82) is 0 Å². The highest BCUT2D eigenvalue weighted by Gasteiger charge is 2.28. The fourth-order valence-corrected chi connectivity index (χ4v) is 3.03. The molecule has 0 aromatic heterocycles. The summed E-state index contributed by atoms with van der Waals surface area (Å²) in [4.78, 5) is 2.70. The summed E-state index contributed by atoms with van der Waals surface area (Å²) in [5.74, 6) is 0. The van der Waals surface area contributed by atoms with Crippen LogP contribution in [0.4, 0.5) is 0 Å². The van der Waals surface area contributed by atoms with Crippen LogP contribution >= 0.6 is 11.6 Å². The molecule has 1 fully saturated rings. The third-order valence-corrected chi connectivity index (χ3v) is 4.54. The van der Waals surface area contributed by atoms with Crippen molar-refractivity contribution in [3.05, 3.63) is 34.9 Å². The summed E-state index contributed by atoms with van der Waals surface area (Å²) >= 11 is 6.00. The Kier molecular flexibility index (Phi) is 7.01. The van der Waals surface area contributed by atoms with Gasteiger partial charge in [-0.1, -0.05) is 44.0 Å². The molecule has 1 N–H and O–H groups in total. The normalized spacial score (nSPS) is 16.4. The van der Waals surface area contributed by atoms with Crippen molar-refractivity contribution < 1.29 is 0 Å². The first-order valence-corrected chi connectivity index (χ1v) is 8.85. The van der Waals surface area contributed by atoms with Gasteiger partial charge in [0, 0.05) is 23.7 Å². The van der Waals surface area contributed by atoms with Crippen molar-refractivity contribution in [3.8, 4) is 0 Å². The molecule has 1 unspecified atom stereocenters. The second-order valence-electron chi connectivity index (χ2n) is 6.07. The predicted molar refractivity (Wildman–Crippen MR) is 92.0 cm³/mol. The number of unbranched alkanes of at least 4 members (excludes halogenated alkanes) is 1. The highest BCUT2D eigenvalue weighted by atomic mass is 35.5. The van der Waals surface area contributed by atoms with E-state index in [1.165, 1.54) is 50.8 Å². The fraction of sp³-hybridized carbons (Fsp3) is 0.667. The Morgan fingerprint density at radius 2 is 1.90 bits per heavy atom. The SMILES string of the molecule is CCCCN(CCC(NCC)c1ccc(Cl)cc1)C1CC1. The Morgan fingerprint density at radius 1 is 1.19 bits per heavy atom. The van der Waals surface area contributed by atoms with Crippen LogP contribution in [-0.2, 0) is 0 Å². The molecular formula is C18H29ClN2. The van der Waals surface area contributed by atoms with E-state index in [1.807, 2.05) is 12.1 Å². The molecular weight excluding hydrogens is 280 g/mol. The predicted octanol–water partition coefficient (Wildman–Crippen LogP) is 4.65. The van der Waals surface area contributed by atoms with Crippen LogP contribution in [0.5, 0.6) is 0 Å². The lowest BCUT2D eigenvalue weighted by atomic mass is 10.0. The van der Waals surface area contributed by atoms with E-state index in [1.54, 1.807) is 0 Å². The van der Waals surface area contributed by atoms with Gasteiger partial charge in [0.15, 0.2) is 0 Å². The first-order chi connectivity index (χ1) is 10.2. The smallest absolute Gasteiger partial charge is 0.0406 e. The minimum atomic E-state index is 0.440. The van der Waals surface area contributed by atoms with Crippen LogP contribution in [0, 0.1) is 0 Å². The summed E-state index contributed by atoms with van der Waals surface area (Å²) < 4.78 is 0. The molecule has 1 aliphatic rings. The number of rotatable bonds is 10. The van der Waals surface area contributed by atoms with Crippen LogP contribution in [0.2, 0.25) is 5.02 Å². The molecule has 2 nitrogen and oxygen atoms in total. The minimum absolute atomic E-state index is 0.440. The molecule has 1 aliphatic carbocycles. The lowest BCUT2D eigenvalue weighted by Crippen LogP contribution is -2.32. The molecule has 0 saturated heterocycles. The zero-order valence-corrected chi connectivity index (χ0v) is 14.2. The van der Waals surface area contributed by atoms with E-state index in [2.05, 4.69) is 36.2 Å². The number of nitrogens with one attached hydrogen (secondary N) is 1. The number of hydrogen-bond donors (Lipinski definition) is 1. The van der Waals surface area contributed by atoms with Gasteiger partial charge in [-0.15, -0.1) is 0 Å². The summed E-state index contributed by atoms with van der Waals surface area (Å²) in [5, 5.41) is 4.44. The summed E-state index contributed by atoms with van der Waals surface area (Å²) in [6.07, 6.45) is 6.59. The van der Waals surface area contributed by atoms with Gasteiger partial charge in [-0.3, -0.25) is 0 Å². The quantitative estimate of drug-likeness (QED) is 0.677. The molecule has 1 atom stereocenters. The minimum Gasteiger partial charge on any atom is -0.310 e. The Morgan fingerprint density at radius 3 is 2.48 bits per heavy atom. The molecule has 1 aromatic carbocycles. The van der Waals surface area contributed by atoms with Crippen LogP contribution in [-0.4, -0.2) is 30.6 Å². The number of benzene rings is 1. The van der Waals surface area contributed by atoms with Crippen molar-refractivity contribution in [1.82, 2.24) is 10.2 Å². The van der Waals surface area contributed by atoms with Gasteiger partial charge >= 0.3 is 0 Å². The van der Waals surface area contributed by atoms with Crippen molar-refractivity contribution in [3.63, 3.8) is 0 Å². The third-order valence-electron chi connectivity index (χ3n) is 4.29. The molecule has 3 heteroatoms. The molecule has 0 radical (unpaired) electrons. The molecule has 0 bridgehead atoms. The Hall–Kier alpha value is -0.570. The molecule has 0 aliphatic heterocycles. The summed E-state index contributed by atoms with van der Waals surface area (Å²) in [6, 6.07) is 9.61. The summed E-state index contributed by atoms with van der Waals surface area (Å²) in [6.45, 7) is 7.93. The molecule has 0 heterocycles. The molecule has 1 saturated carbocycles. The van der Waals surface area contributed by atoms with E-state index < -0.39 is 0 Å². The molecule has 21 heavy (non-hydrogen) atoms. The van der Waals surface area contributed by atoms with Crippen molar-refractivity contribution >= 4 is 11.6 Å². The largest absolute Gasteiger partial charge is 0.310 e. The van der Waals surface area contributed by atoms with Gasteiger partial charge in [0.05, 0.1) is 0 Å². The van der Waals surface area contributed by atoms with E-state index in [9.17, 15) is 0 Å². The van der Waals surface area contributed by atoms with Gasteiger partial charge in [-0.25, -0.2) is 0 Å². The Labute approximate surface area is 134 Å². The van der Waals surface area contributed by atoms with Crippen LogP contribution in [0.1, 0.15) is 57.6 Å². The number of hydrogen-bond acceptors (Lipinski definition) is 2. The zero-order chi connectivity index (χ0) is 15.1. The summed E-state index contributed by atoms with van der Waals surface area (Å²) in [5.41, 5.74) is 1.35. The lowest BCUT2D eigenvalue weighted by Gasteiger charge is -2.25. The number of nitrogens with zero attached hydrogens (tertiary/aromatic N) is 1. The van der Waals surface area contributed by atoms with Crippen LogP contribution in [0.25, 0.3) is 0 Å². The van der Waals surface area contributed by atoms with Crippen molar-refractivity contribution in [2.24, 2.45) is 0 Å². The van der Waals surface area contributed by atoms with Gasteiger partial charge in [-0.05, 0) is 56.5 Å². The second-order valence-corrected chi connectivity index (χ2v) is 6.51. The van der Waals surface area contributed by atoms with Gasteiger partial charge in [-0.2, -0.15) is 0 Å². The molecule has 1 aromatic rings. The van der Waals surface area contributed by atoms with Crippen LogP contribution < -0.4 is 5.32 Å². The average molecular weight is 309 g/mol. The standard InChI is InChI=1S/C18H29ClN2/c1-3-5-13-21(17-10-11-17)14-12-18(20-4-2)15-6-8-16(19)9-7-15/h6-9,17-18,20H,3-5,10-14H2,1-2H3. The molecule has 0 amide bonds. The van der Waals surface area contributed by atoms with Crippen molar-refractivity contribution in [2.45, 2.75) is 58.0 Å². The van der Waals surface area contributed by atoms with E-state index >= 15 is 0 Å². The number of halogens is 1. The maximum absolute atomic E-state index is 6.00. The fourth-order valence-electron chi connectivity index (χ4n) is 2.90. The lowest BCUT2D eigenvalue weighted by molar-refractivity contribution is 0.243. The Balaban J connectivity index is 1.90. The zero-order valence-electron chi connectivity index (χ0n) is 13.4. The van der Waals surface area contributed by atoms with Crippen molar-refractivity contribution in [2.75, 3.05) is 19.6 Å². The maximum Gasteiger partial charge on any atom is 0.0406 e.